The van der Waals surface area contributed by atoms with Gasteiger partial charge in [-0.25, -0.2) is 4.39 Å². The largest absolute Gasteiger partial charge is 0.481 e. The standard InChI is InChI=1S/C15H15FN2O3/c16-12-5-1-9(2-6-12)7-13-17-14(21-18-13)10-3-4-11(8-10)15(19)20/h1-2,5-6,10-11H,3-4,7-8H2,(H,19,20). The van der Waals surface area contributed by atoms with Crippen molar-refractivity contribution in [2.24, 2.45) is 5.92 Å². The van der Waals surface area contributed by atoms with Crippen molar-refractivity contribution in [2.75, 3.05) is 0 Å². The Morgan fingerprint density at radius 3 is 2.76 bits per heavy atom. The van der Waals surface area contributed by atoms with Crippen LogP contribution in [0.25, 0.3) is 0 Å². The molecule has 5 nitrogen and oxygen atoms in total. The monoisotopic (exact) mass is 290 g/mol. The van der Waals surface area contributed by atoms with Gasteiger partial charge < -0.3 is 9.63 Å². The first-order chi connectivity index (χ1) is 10.1. The molecule has 1 aromatic heterocycles. The second kappa shape index (κ2) is 5.63. The van der Waals surface area contributed by atoms with Crippen LogP contribution in [0.4, 0.5) is 4.39 Å². The van der Waals surface area contributed by atoms with E-state index >= 15 is 0 Å². The van der Waals surface area contributed by atoms with E-state index in [4.69, 9.17) is 9.63 Å². The Hall–Kier alpha value is -2.24. The van der Waals surface area contributed by atoms with Gasteiger partial charge in [-0.1, -0.05) is 17.3 Å². The average molecular weight is 290 g/mol. The molecule has 21 heavy (non-hydrogen) atoms. The maximum absolute atomic E-state index is 12.8. The molecule has 0 amide bonds. The molecular formula is C15H15FN2O3. The van der Waals surface area contributed by atoms with Gasteiger partial charge in [0.2, 0.25) is 5.89 Å². The van der Waals surface area contributed by atoms with E-state index in [2.05, 4.69) is 10.1 Å². The Morgan fingerprint density at radius 2 is 2.10 bits per heavy atom. The molecule has 2 unspecified atom stereocenters. The van der Waals surface area contributed by atoms with Gasteiger partial charge in [0.25, 0.3) is 0 Å². The number of carbonyl (C=O) groups is 1. The number of hydrogen-bond acceptors (Lipinski definition) is 4. The van der Waals surface area contributed by atoms with Crippen molar-refractivity contribution in [3.63, 3.8) is 0 Å². The van der Waals surface area contributed by atoms with Gasteiger partial charge in [-0.2, -0.15) is 4.98 Å². The van der Waals surface area contributed by atoms with E-state index in [0.29, 0.717) is 31.0 Å². The third-order valence-corrected chi connectivity index (χ3v) is 3.89. The zero-order valence-corrected chi connectivity index (χ0v) is 11.3. The zero-order chi connectivity index (χ0) is 14.8. The van der Waals surface area contributed by atoms with Gasteiger partial charge >= 0.3 is 5.97 Å². The molecule has 6 heteroatoms. The lowest BCUT2D eigenvalue weighted by Crippen LogP contribution is -2.09. The van der Waals surface area contributed by atoms with Crippen LogP contribution < -0.4 is 0 Å². The molecule has 1 aromatic carbocycles. The predicted octanol–water partition coefficient (Wildman–Crippen LogP) is 2.77. The molecule has 0 bridgehead atoms. The highest BCUT2D eigenvalue weighted by Crippen LogP contribution is 2.37. The summed E-state index contributed by atoms with van der Waals surface area (Å²) in [7, 11) is 0. The summed E-state index contributed by atoms with van der Waals surface area (Å²) in [4.78, 5) is 15.3. The molecular weight excluding hydrogens is 275 g/mol. The van der Waals surface area contributed by atoms with Gasteiger partial charge in [0.1, 0.15) is 5.82 Å². The first-order valence-electron chi connectivity index (χ1n) is 6.91. The summed E-state index contributed by atoms with van der Waals surface area (Å²) in [5, 5.41) is 12.9. The Labute approximate surface area is 120 Å². The summed E-state index contributed by atoms with van der Waals surface area (Å²) >= 11 is 0. The number of benzene rings is 1. The minimum Gasteiger partial charge on any atom is -0.481 e. The highest BCUT2D eigenvalue weighted by Gasteiger charge is 2.33. The van der Waals surface area contributed by atoms with Crippen LogP contribution >= 0.6 is 0 Å². The Morgan fingerprint density at radius 1 is 1.33 bits per heavy atom. The molecule has 0 spiro atoms. The zero-order valence-electron chi connectivity index (χ0n) is 11.3. The summed E-state index contributed by atoms with van der Waals surface area (Å²) in [5.41, 5.74) is 0.901. The second-order valence-electron chi connectivity index (χ2n) is 5.40. The summed E-state index contributed by atoms with van der Waals surface area (Å²) < 4.78 is 18.1. The molecule has 1 aliphatic rings. The summed E-state index contributed by atoms with van der Waals surface area (Å²) in [6.07, 6.45) is 2.43. The molecule has 110 valence electrons. The van der Waals surface area contributed by atoms with Crippen molar-refractivity contribution in [1.29, 1.82) is 0 Å². The van der Waals surface area contributed by atoms with Gasteiger partial charge in [-0.15, -0.1) is 0 Å². The van der Waals surface area contributed by atoms with Crippen LogP contribution in [-0.4, -0.2) is 21.2 Å². The van der Waals surface area contributed by atoms with Crippen LogP contribution in [0.3, 0.4) is 0 Å². The molecule has 0 saturated heterocycles. The molecule has 0 radical (unpaired) electrons. The van der Waals surface area contributed by atoms with Crippen molar-refractivity contribution < 1.29 is 18.8 Å². The quantitative estimate of drug-likeness (QED) is 0.937. The van der Waals surface area contributed by atoms with Gasteiger partial charge in [-0.3, -0.25) is 4.79 Å². The van der Waals surface area contributed by atoms with Gasteiger partial charge in [-0.05, 0) is 37.0 Å². The van der Waals surface area contributed by atoms with E-state index in [1.165, 1.54) is 12.1 Å². The van der Waals surface area contributed by atoms with E-state index in [1.54, 1.807) is 12.1 Å². The Kier molecular flexibility index (Phi) is 3.68. The number of nitrogens with zero attached hydrogens (tertiary/aromatic N) is 2. The van der Waals surface area contributed by atoms with E-state index in [0.717, 1.165) is 12.0 Å². The van der Waals surface area contributed by atoms with Crippen molar-refractivity contribution in [2.45, 2.75) is 31.6 Å². The van der Waals surface area contributed by atoms with E-state index in [9.17, 15) is 9.18 Å². The third kappa shape index (κ3) is 3.09. The minimum absolute atomic E-state index is 0.0283. The van der Waals surface area contributed by atoms with Crippen LogP contribution in [-0.2, 0) is 11.2 Å². The fourth-order valence-electron chi connectivity index (χ4n) is 2.72. The van der Waals surface area contributed by atoms with E-state index < -0.39 is 5.97 Å². The number of carboxylic acids is 1. The van der Waals surface area contributed by atoms with Crippen LogP contribution in [0.15, 0.2) is 28.8 Å². The number of halogens is 1. The molecule has 2 aromatic rings. The molecule has 0 aliphatic heterocycles. The average Bonchev–Trinajstić information content (AvgIpc) is 3.10. The lowest BCUT2D eigenvalue weighted by molar-refractivity contribution is -0.141. The first-order valence-corrected chi connectivity index (χ1v) is 6.91. The van der Waals surface area contributed by atoms with E-state index in [-0.39, 0.29) is 17.7 Å². The number of hydrogen-bond donors (Lipinski definition) is 1. The minimum atomic E-state index is -0.761. The normalized spacial score (nSPS) is 21.6. The molecule has 2 atom stereocenters. The highest BCUT2D eigenvalue weighted by atomic mass is 19.1. The first kappa shape index (κ1) is 13.7. The van der Waals surface area contributed by atoms with Crippen LogP contribution in [0.5, 0.6) is 0 Å². The highest BCUT2D eigenvalue weighted by molar-refractivity contribution is 5.70. The number of rotatable bonds is 4. The number of aromatic nitrogens is 2. The smallest absolute Gasteiger partial charge is 0.306 e. The number of carboxylic acid groups (broad SMARTS) is 1. The van der Waals surface area contributed by atoms with Crippen LogP contribution in [0.2, 0.25) is 0 Å². The van der Waals surface area contributed by atoms with Gasteiger partial charge in [0.05, 0.1) is 5.92 Å². The summed E-state index contributed by atoms with van der Waals surface area (Å²) in [6.45, 7) is 0. The van der Waals surface area contributed by atoms with Crippen molar-refractivity contribution in [1.82, 2.24) is 10.1 Å². The molecule has 1 saturated carbocycles. The molecule has 1 heterocycles. The fraction of sp³-hybridized carbons (Fsp3) is 0.400. The summed E-state index contributed by atoms with van der Waals surface area (Å²) in [5.74, 6) is -0.281. The number of aliphatic carboxylic acids is 1. The topological polar surface area (TPSA) is 76.2 Å². The SMILES string of the molecule is O=C(O)C1CCC(c2nc(Cc3ccc(F)cc3)no2)C1. The van der Waals surface area contributed by atoms with Crippen molar-refractivity contribution in [3.05, 3.63) is 47.4 Å². The van der Waals surface area contributed by atoms with Gasteiger partial charge in [0.15, 0.2) is 5.82 Å². The Balaban J connectivity index is 1.66. The van der Waals surface area contributed by atoms with Gasteiger partial charge in [0, 0.05) is 12.3 Å². The molecule has 3 rings (SSSR count). The van der Waals surface area contributed by atoms with E-state index in [1.807, 2.05) is 0 Å². The maximum atomic E-state index is 12.8. The van der Waals surface area contributed by atoms with Crippen LogP contribution in [0, 0.1) is 11.7 Å². The second-order valence-corrected chi connectivity index (χ2v) is 5.40. The Bertz CT molecular complexity index is 639. The lowest BCUT2D eigenvalue weighted by Gasteiger charge is -2.02. The lowest BCUT2D eigenvalue weighted by atomic mass is 10.1. The summed E-state index contributed by atoms with van der Waals surface area (Å²) in [6, 6.07) is 6.15. The molecule has 1 fully saturated rings. The van der Waals surface area contributed by atoms with Crippen LogP contribution in [0.1, 0.15) is 42.5 Å². The van der Waals surface area contributed by atoms with Crippen molar-refractivity contribution in [3.8, 4) is 0 Å². The van der Waals surface area contributed by atoms with Crippen molar-refractivity contribution >= 4 is 5.97 Å². The predicted molar refractivity (Wildman–Crippen MR) is 71.2 cm³/mol. The fourth-order valence-corrected chi connectivity index (χ4v) is 2.72. The molecule has 1 N–H and O–H groups in total. The third-order valence-electron chi connectivity index (χ3n) is 3.89. The maximum Gasteiger partial charge on any atom is 0.306 e. The molecule has 1 aliphatic carbocycles.